The van der Waals surface area contributed by atoms with Gasteiger partial charge in [-0.25, -0.2) is 13.1 Å². The zero-order valence-electron chi connectivity index (χ0n) is 11.1. The molecule has 7 heteroatoms. The van der Waals surface area contributed by atoms with Gasteiger partial charge in [0, 0.05) is 18.8 Å². The number of hydrogen-bond acceptors (Lipinski definition) is 4. The second-order valence-corrected chi connectivity index (χ2v) is 6.75. The maximum absolute atomic E-state index is 12.2. The zero-order chi connectivity index (χ0) is 13.7. The second-order valence-electron chi connectivity index (χ2n) is 5.04. The summed E-state index contributed by atoms with van der Waals surface area (Å²) in [6.07, 6.45) is 9.37. The van der Waals surface area contributed by atoms with Crippen molar-refractivity contribution >= 4 is 10.0 Å². The Bertz CT molecular complexity index is 490. The van der Waals surface area contributed by atoms with Gasteiger partial charge in [-0.15, -0.1) is 0 Å². The summed E-state index contributed by atoms with van der Waals surface area (Å²) in [6, 6.07) is 0.0605. The number of aromatic nitrogens is 2. The van der Waals surface area contributed by atoms with Gasteiger partial charge in [0.05, 0.1) is 12.7 Å². The van der Waals surface area contributed by atoms with E-state index in [1.165, 1.54) is 25.2 Å². The second kappa shape index (κ2) is 6.49. The van der Waals surface area contributed by atoms with Crippen molar-refractivity contribution in [1.82, 2.24) is 14.5 Å². The van der Waals surface area contributed by atoms with Crippen LogP contribution in [0.4, 0.5) is 0 Å². The first-order valence-corrected chi connectivity index (χ1v) is 8.35. The summed E-state index contributed by atoms with van der Waals surface area (Å²) in [7, 11) is -3.45. The molecule has 1 aromatic rings. The highest BCUT2D eigenvalue weighted by Crippen LogP contribution is 2.19. The lowest BCUT2D eigenvalue weighted by atomic mass is 10.1. The molecule has 1 fully saturated rings. The first-order valence-electron chi connectivity index (χ1n) is 6.86. The SMILES string of the molecule is NCCn1cc(S(=O)(=O)NC2CCCCCC2)cn1. The van der Waals surface area contributed by atoms with Crippen LogP contribution in [0.25, 0.3) is 0 Å². The lowest BCUT2D eigenvalue weighted by molar-refractivity contribution is 0.509. The molecule has 0 bridgehead atoms. The third-order valence-electron chi connectivity index (χ3n) is 3.46. The minimum absolute atomic E-state index is 0.0605. The van der Waals surface area contributed by atoms with Crippen molar-refractivity contribution < 1.29 is 8.42 Å². The summed E-state index contributed by atoms with van der Waals surface area (Å²) in [5.41, 5.74) is 5.42. The topological polar surface area (TPSA) is 90.0 Å². The Kier molecular flexibility index (Phi) is 4.95. The standard InChI is InChI=1S/C12H22N4O2S/c13-7-8-16-10-12(9-14-16)19(17,18)15-11-5-3-1-2-4-6-11/h9-11,15H,1-8,13H2. The van der Waals surface area contributed by atoms with Crippen molar-refractivity contribution in [2.45, 2.75) is 56.0 Å². The van der Waals surface area contributed by atoms with Crippen LogP contribution in [-0.2, 0) is 16.6 Å². The highest BCUT2D eigenvalue weighted by molar-refractivity contribution is 7.89. The van der Waals surface area contributed by atoms with E-state index in [1.807, 2.05) is 0 Å². The van der Waals surface area contributed by atoms with Gasteiger partial charge in [0.1, 0.15) is 4.90 Å². The molecule has 1 aliphatic carbocycles. The Morgan fingerprint density at radius 3 is 2.63 bits per heavy atom. The van der Waals surface area contributed by atoms with E-state index >= 15 is 0 Å². The smallest absolute Gasteiger partial charge is 0.243 e. The van der Waals surface area contributed by atoms with E-state index in [4.69, 9.17) is 5.73 Å². The maximum Gasteiger partial charge on any atom is 0.243 e. The molecule has 0 aliphatic heterocycles. The lowest BCUT2D eigenvalue weighted by Crippen LogP contribution is -2.34. The summed E-state index contributed by atoms with van der Waals surface area (Å²) in [5.74, 6) is 0. The number of sulfonamides is 1. The monoisotopic (exact) mass is 286 g/mol. The van der Waals surface area contributed by atoms with Crippen molar-refractivity contribution in [2.24, 2.45) is 5.73 Å². The molecule has 0 atom stereocenters. The molecule has 0 amide bonds. The summed E-state index contributed by atoms with van der Waals surface area (Å²) >= 11 is 0. The van der Waals surface area contributed by atoms with E-state index in [1.54, 1.807) is 4.68 Å². The molecular weight excluding hydrogens is 264 g/mol. The van der Waals surface area contributed by atoms with Crippen LogP contribution in [0.15, 0.2) is 17.3 Å². The molecule has 108 valence electrons. The minimum Gasteiger partial charge on any atom is -0.329 e. The van der Waals surface area contributed by atoms with E-state index in [-0.39, 0.29) is 10.9 Å². The maximum atomic E-state index is 12.2. The number of nitrogens with one attached hydrogen (secondary N) is 1. The zero-order valence-corrected chi connectivity index (χ0v) is 11.9. The van der Waals surface area contributed by atoms with Crippen molar-refractivity contribution in [3.05, 3.63) is 12.4 Å². The van der Waals surface area contributed by atoms with Crippen LogP contribution < -0.4 is 10.5 Å². The van der Waals surface area contributed by atoms with Gasteiger partial charge in [0.2, 0.25) is 10.0 Å². The fourth-order valence-corrected chi connectivity index (χ4v) is 3.68. The van der Waals surface area contributed by atoms with Crippen LogP contribution in [0.2, 0.25) is 0 Å². The molecule has 3 N–H and O–H groups in total. The average Bonchev–Trinajstić information content (AvgIpc) is 2.69. The van der Waals surface area contributed by atoms with Gasteiger partial charge in [-0.3, -0.25) is 4.68 Å². The van der Waals surface area contributed by atoms with Crippen LogP contribution in [0, 0.1) is 0 Å². The number of nitrogens with zero attached hydrogens (tertiary/aromatic N) is 2. The molecule has 0 aromatic carbocycles. The fourth-order valence-electron chi connectivity index (χ4n) is 2.42. The molecule has 2 rings (SSSR count). The summed E-state index contributed by atoms with van der Waals surface area (Å²) in [4.78, 5) is 0.227. The Morgan fingerprint density at radius 1 is 1.32 bits per heavy atom. The normalized spacial score (nSPS) is 18.4. The third kappa shape index (κ3) is 4.02. The van der Waals surface area contributed by atoms with Gasteiger partial charge in [-0.05, 0) is 12.8 Å². The van der Waals surface area contributed by atoms with Gasteiger partial charge in [-0.1, -0.05) is 25.7 Å². The fraction of sp³-hybridized carbons (Fsp3) is 0.750. The van der Waals surface area contributed by atoms with Gasteiger partial charge in [-0.2, -0.15) is 5.10 Å². The first kappa shape index (κ1) is 14.5. The number of rotatable bonds is 5. The molecule has 0 saturated heterocycles. The molecular formula is C12H22N4O2S. The summed E-state index contributed by atoms with van der Waals surface area (Å²) in [5, 5.41) is 4.00. The van der Waals surface area contributed by atoms with E-state index in [2.05, 4.69) is 9.82 Å². The molecule has 1 saturated carbocycles. The molecule has 0 radical (unpaired) electrons. The van der Waals surface area contributed by atoms with Crippen LogP contribution in [0.3, 0.4) is 0 Å². The molecule has 19 heavy (non-hydrogen) atoms. The van der Waals surface area contributed by atoms with Gasteiger partial charge in [0.25, 0.3) is 0 Å². The van der Waals surface area contributed by atoms with Gasteiger partial charge in [0.15, 0.2) is 0 Å². The Labute approximate surface area is 114 Å². The van der Waals surface area contributed by atoms with E-state index in [0.717, 1.165) is 25.7 Å². The predicted molar refractivity (Wildman–Crippen MR) is 73.1 cm³/mol. The van der Waals surface area contributed by atoms with Crippen LogP contribution in [-0.4, -0.2) is 30.8 Å². The molecule has 6 nitrogen and oxygen atoms in total. The van der Waals surface area contributed by atoms with E-state index in [9.17, 15) is 8.42 Å². The summed E-state index contributed by atoms with van der Waals surface area (Å²) in [6.45, 7) is 0.968. The number of nitrogens with two attached hydrogens (primary N) is 1. The van der Waals surface area contributed by atoms with Gasteiger partial charge >= 0.3 is 0 Å². The van der Waals surface area contributed by atoms with Crippen molar-refractivity contribution in [3.63, 3.8) is 0 Å². The Morgan fingerprint density at radius 2 is 2.00 bits per heavy atom. The lowest BCUT2D eigenvalue weighted by Gasteiger charge is -2.15. The van der Waals surface area contributed by atoms with Crippen molar-refractivity contribution in [1.29, 1.82) is 0 Å². The largest absolute Gasteiger partial charge is 0.329 e. The number of hydrogen-bond donors (Lipinski definition) is 2. The van der Waals surface area contributed by atoms with Crippen LogP contribution >= 0.6 is 0 Å². The molecule has 1 aliphatic rings. The van der Waals surface area contributed by atoms with Crippen molar-refractivity contribution in [2.75, 3.05) is 6.54 Å². The first-order chi connectivity index (χ1) is 9.12. The average molecular weight is 286 g/mol. The van der Waals surface area contributed by atoms with Gasteiger partial charge < -0.3 is 5.73 Å². The molecule has 0 spiro atoms. The Balaban J connectivity index is 2.03. The highest BCUT2D eigenvalue weighted by atomic mass is 32.2. The van der Waals surface area contributed by atoms with E-state index in [0.29, 0.717) is 13.1 Å². The van der Waals surface area contributed by atoms with Crippen LogP contribution in [0.5, 0.6) is 0 Å². The molecule has 1 aromatic heterocycles. The minimum atomic E-state index is -3.45. The Hall–Kier alpha value is -0.920. The predicted octanol–water partition coefficient (Wildman–Crippen LogP) is 0.843. The van der Waals surface area contributed by atoms with Crippen molar-refractivity contribution in [3.8, 4) is 0 Å². The van der Waals surface area contributed by atoms with Crippen LogP contribution in [0.1, 0.15) is 38.5 Å². The van der Waals surface area contributed by atoms with E-state index < -0.39 is 10.0 Å². The third-order valence-corrected chi connectivity index (χ3v) is 4.93. The molecule has 0 unspecified atom stereocenters. The highest BCUT2D eigenvalue weighted by Gasteiger charge is 2.22. The quantitative estimate of drug-likeness (QED) is 0.785. The molecule has 1 heterocycles. The summed E-state index contributed by atoms with van der Waals surface area (Å²) < 4.78 is 28.8.